The lowest BCUT2D eigenvalue weighted by Crippen LogP contribution is -2.46. The van der Waals surface area contributed by atoms with Crippen molar-refractivity contribution in [3.8, 4) is 0 Å². The maximum Gasteiger partial charge on any atom is 0.294 e. The molecule has 7 nitrogen and oxygen atoms in total. The lowest BCUT2D eigenvalue weighted by Gasteiger charge is -2.28. The molecule has 5 rings (SSSR count). The van der Waals surface area contributed by atoms with Gasteiger partial charge in [-0.15, -0.1) is 0 Å². The van der Waals surface area contributed by atoms with Crippen LogP contribution in [0.15, 0.2) is 58.0 Å². The second-order valence-electron chi connectivity index (χ2n) is 8.77. The molecule has 186 valence electrons. The van der Waals surface area contributed by atoms with Gasteiger partial charge in [-0.3, -0.25) is 19.3 Å². The van der Waals surface area contributed by atoms with Crippen molar-refractivity contribution in [3.63, 3.8) is 0 Å². The molecule has 0 spiro atoms. The summed E-state index contributed by atoms with van der Waals surface area (Å²) in [6.45, 7) is 4.46. The van der Waals surface area contributed by atoms with Gasteiger partial charge in [-0.25, -0.2) is 0 Å². The van der Waals surface area contributed by atoms with Crippen molar-refractivity contribution < 1.29 is 19.1 Å². The zero-order valence-electron chi connectivity index (χ0n) is 19.9. The number of ether oxygens (including phenoxy) is 1. The van der Waals surface area contributed by atoms with E-state index in [1.54, 1.807) is 11.0 Å². The molecule has 2 saturated heterocycles. The number of aryl methyl sites for hydroxylation is 1. The Morgan fingerprint density at radius 3 is 2.58 bits per heavy atom. The zero-order chi connectivity index (χ0) is 25.2. The molecule has 2 aliphatic heterocycles. The van der Waals surface area contributed by atoms with Gasteiger partial charge in [0.05, 0.1) is 23.6 Å². The first-order valence-electron chi connectivity index (χ1n) is 11.9. The summed E-state index contributed by atoms with van der Waals surface area (Å²) in [5.41, 5.74) is 4.38. The van der Waals surface area contributed by atoms with E-state index in [0.29, 0.717) is 37.8 Å². The Bertz CT molecular complexity index is 1360. The van der Waals surface area contributed by atoms with E-state index in [-0.39, 0.29) is 12.5 Å². The van der Waals surface area contributed by atoms with Gasteiger partial charge in [-0.05, 0) is 47.5 Å². The first-order chi connectivity index (χ1) is 17.4. The summed E-state index contributed by atoms with van der Waals surface area (Å²) in [5, 5.41) is 0.614. The van der Waals surface area contributed by atoms with Crippen molar-refractivity contribution in [1.82, 2.24) is 14.4 Å². The third-order valence-electron chi connectivity index (χ3n) is 6.48. The van der Waals surface area contributed by atoms with Gasteiger partial charge in [-0.1, -0.05) is 53.2 Å². The van der Waals surface area contributed by atoms with Crippen LogP contribution < -0.4 is 0 Å². The highest BCUT2D eigenvalue weighted by Gasteiger charge is 2.37. The summed E-state index contributed by atoms with van der Waals surface area (Å²) >= 11 is 4.38. The van der Waals surface area contributed by atoms with E-state index in [1.165, 1.54) is 5.56 Å². The molecule has 2 aromatic carbocycles. The minimum absolute atomic E-state index is 0.236. The van der Waals surface area contributed by atoms with E-state index in [1.807, 2.05) is 30.5 Å². The van der Waals surface area contributed by atoms with Crippen molar-refractivity contribution in [2.45, 2.75) is 19.9 Å². The molecular weight excluding hydrogens is 542 g/mol. The lowest BCUT2D eigenvalue weighted by atomic mass is 10.1. The van der Waals surface area contributed by atoms with Gasteiger partial charge in [-0.2, -0.15) is 0 Å². The molecule has 0 saturated carbocycles. The van der Waals surface area contributed by atoms with Crippen molar-refractivity contribution in [3.05, 3.63) is 74.7 Å². The average Bonchev–Trinajstić information content (AvgIpc) is 3.37. The molecule has 0 radical (unpaired) electrons. The van der Waals surface area contributed by atoms with E-state index in [0.717, 1.165) is 49.6 Å². The fourth-order valence-electron chi connectivity index (χ4n) is 4.60. The molecular formula is C27H26BrN3O4S. The molecule has 0 aliphatic carbocycles. The molecule has 3 heterocycles. The summed E-state index contributed by atoms with van der Waals surface area (Å²) < 4.78 is 8.52. The Morgan fingerprint density at radius 1 is 1.11 bits per heavy atom. The van der Waals surface area contributed by atoms with E-state index < -0.39 is 11.1 Å². The largest absolute Gasteiger partial charge is 0.378 e. The number of fused-ring (bicyclic) bond motifs is 1. The van der Waals surface area contributed by atoms with Crippen molar-refractivity contribution in [1.29, 1.82) is 0 Å². The number of rotatable bonds is 6. The molecule has 0 N–H and O–H groups in total. The fourth-order valence-corrected chi connectivity index (χ4v) is 5.70. The van der Waals surface area contributed by atoms with Gasteiger partial charge in [0.25, 0.3) is 11.1 Å². The maximum atomic E-state index is 13.1. The number of nitrogens with zero attached hydrogens (tertiary/aromatic N) is 3. The molecule has 1 aromatic heterocycles. The van der Waals surface area contributed by atoms with Crippen LogP contribution >= 0.6 is 27.7 Å². The Morgan fingerprint density at radius 2 is 1.86 bits per heavy atom. The Kier molecular flexibility index (Phi) is 7.32. The summed E-state index contributed by atoms with van der Waals surface area (Å²) in [6, 6.07) is 14.4. The lowest BCUT2D eigenvalue weighted by molar-refractivity contribution is -0.139. The van der Waals surface area contributed by atoms with Crippen LogP contribution in [0.3, 0.4) is 0 Å². The minimum atomic E-state index is -0.424. The van der Waals surface area contributed by atoms with E-state index in [4.69, 9.17) is 4.74 Å². The Balaban J connectivity index is 1.44. The van der Waals surface area contributed by atoms with Crippen LogP contribution in [0.2, 0.25) is 0 Å². The van der Waals surface area contributed by atoms with Crippen LogP contribution in [0.25, 0.3) is 17.0 Å². The molecule has 9 heteroatoms. The highest BCUT2D eigenvalue weighted by Crippen LogP contribution is 2.35. The first kappa shape index (κ1) is 24.8. The van der Waals surface area contributed by atoms with Crippen molar-refractivity contribution in [2.75, 3.05) is 32.8 Å². The highest BCUT2D eigenvalue weighted by atomic mass is 79.9. The molecule has 0 bridgehead atoms. The molecule has 3 amide bonds. The number of benzene rings is 2. The SMILES string of the molecule is CCc1cccc2c(/C=C3\SC(=O)N(CC(=O)N4CCOCC4)C3=O)cn(Cc3ccc(Br)cc3)c12. The second kappa shape index (κ2) is 10.6. The van der Waals surface area contributed by atoms with Crippen LogP contribution in [0.1, 0.15) is 23.6 Å². The monoisotopic (exact) mass is 567 g/mol. The van der Waals surface area contributed by atoms with Gasteiger partial charge >= 0.3 is 0 Å². The highest BCUT2D eigenvalue weighted by molar-refractivity contribution is 9.10. The Labute approximate surface area is 222 Å². The third-order valence-corrected chi connectivity index (χ3v) is 7.91. The molecule has 36 heavy (non-hydrogen) atoms. The smallest absolute Gasteiger partial charge is 0.294 e. The number of aromatic nitrogens is 1. The maximum absolute atomic E-state index is 13.1. The van der Waals surface area contributed by atoms with Crippen molar-refractivity contribution >= 4 is 61.7 Å². The number of hydrogen-bond donors (Lipinski definition) is 0. The quantitative estimate of drug-likeness (QED) is 0.396. The number of amides is 3. The number of halogens is 1. The predicted octanol–water partition coefficient (Wildman–Crippen LogP) is 4.91. The van der Waals surface area contributed by atoms with Crippen molar-refractivity contribution in [2.24, 2.45) is 0 Å². The van der Waals surface area contributed by atoms with Crippen LogP contribution in [0.5, 0.6) is 0 Å². The molecule has 2 aliphatic rings. The number of carbonyl (C=O) groups excluding carboxylic acids is 3. The van der Waals surface area contributed by atoms with E-state index in [2.05, 4.69) is 45.6 Å². The number of para-hydroxylation sites is 1. The summed E-state index contributed by atoms with van der Waals surface area (Å²) in [7, 11) is 0. The van der Waals surface area contributed by atoms with Crippen LogP contribution in [-0.2, 0) is 27.3 Å². The van der Waals surface area contributed by atoms with Gasteiger partial charge in [0.2, 0.25) is 5.91 Å². The number of hydrogen-bond acceptors (Lipinski definition) is 5. The third kappa shape index (κ3) is 5.00. The first-order valence-corrected chi connectivity index (χ1v) is 13.5. The van der Waals surface area contributed by atoms with Gasteiger partial charge in [0.1, 0.15) is 6.54 Å². The fraction of sp³-hybridized carbons (Fsp3) is 0.296. The van der Waals surface area contributed by atoms with Gasteiger partial charge in [0, 0.05) is 41.3 Å². The van der Waals surface area contributed by atoms with E-state index >= 15 is 0 Å². The normalized spacial score (nSPS) is 17.6. The number of imide groups is 1. The zero-order valence-corrected chi connectivity index (χ0v) is 22.3. The summed E-state index contributed by atoms with van der Waals surface area (Å²) in [5.74, 6) is -0.660. The summed E-state index contributed by atoms with van der Waals surface area (Å²) in [6.07, 6.45) is 4.70. The molecule has 3 aromatic rings. The second-order valence-corrected chi connectivity index (χ2v) is 10.7. The predicted molar refractivity (Wildman–Crippen MR) is 145 cm³/mol. The topological polar surface area (TPSA) is 71.9 Å². The number of carbonyl (C=O) groups is 3. The standard InChI is InChI=1S/C27H26BrN3O4S/c1-2-19-4-3-5-22-20(16-30(25(19)22)15-18-6-8-21(28)9-7-18)14-23-26(33)31(27(34)36-23)17-24(32)29-10-12-35-13-11-29/h3-9,14,16H,2,10-13,15,17H2,1H3/b23-14-. The number of thioether (sulfide) groups is 1. The molecule has 0 unspecified atom stereocenters. The van der Waals surface area contributed by atoms with Crippen LogP contribution in [-0.4, -0.2) is 64.3 Å². The minimum Gasteiger partial charge on any atom is -0.378 e. The van der Waals surface area contributed by atoms with Gasteiger partial charge in [0.15, 0.2) is 0 Å². The van der Waals surface area contributed by atoms with Crippen LogP contribution in [0.4, 0.5) is 4.79 Å². The van der Waals surface area contributed by atoms with Crippen LogP contribution in [0, 0.1) is 0 Å². The molecule has 2 fully saturated rings. The Hall–Kier alpha value is -2.88. The van der Waals surface area contributed by atoms with Gasteiger partial charge < -0.3 is 14.2 Å². The summed E-state index contributed by atoms with van der Waals surface area (Å²) in [4.78, 5) is 41.5. The average molecular weight is 568 g/mol. The number of morpholine rings is 1. The molecule has 0 atom stereocenters. The van der Waals surface area contributed by atoms with E-state index in [9.17, 15) is 14.4 Å².